The predicted molar refractivity (Wildman–Crippen MR) is 213 cm³/mol. The molecule has 1 unspecified atom stereocenters. The van der Waals surface area contributed by atoms with Gasteiger partial charge in [0.15, 0.2) is 15.9 Å². The number of nitrogens with one attached hydrogen (secondary N) is 3. The number of aromatic nitrogens is 2. The highest BCUT2D eigenvalue weighted by molar-refractivity contribution is 7.95. The Bertz CT molecular complexity index is 2020. The molecule has 2 aliphatic heterocycles. The molecule has 0 saturated carbocycles. The van der Waals surface area contributed by atoms with Crippen LogP contribution in [0.5, 0.6) is 5.88 Å². The summed E-state index contributed by atoms with van der Waals surface area (Å²) in [6, 6.07) is 0.882. The number of hydrogen-bond donors (Lipinski definition) is 5. The van der Waals surface area contributed by atoms with E-state index >= 15 is 0 Å². The van der Waals surface area contributed by atoms with E-state index in [9.17, 15) is 40.8 Å². The maximum atomic E-state index is 13.1. The molecule has 5 N–H and O–H groups in total. The van der Waals surface area contributed by atoms with Crippen molar-refractivity contribution in [1.82, 2.24) is 24.1 Å². The fraction of sp³-hybridized carbons (Fsp3) is 0.618. The van der Waals surface area contributed by atoms with Crippen LogP contribution in [0.2, 0.25) is 0 Å². The molecule has 2 aliphatic rings. The van der Waals surface area contributed by atoms with E-state index in [0.29, 0.717) is 73.6 Å². The summed E-state index contributed by atoms with van der Waals surface area (Å²) in [6.07, 6.45) is -1.73. The van der Waals surface area contributed by atoms with Crippen molar-refractivity contribution < 1.29 is 70.0 Å². The number of thiophene rings is 1. The Morgan fingerprint density at radius 1 is 1.05 bits per heavy atom. The molecule has 25 heteroatoms. The molecular formula is C34H50N6O15S4. The zero-order valence-corrected chi connectivity index (χ0v) is 36.6. The molecule has 4 atom stereocenters. The normalized spacial score (nSPS) is 18.7. The molecule has 0 aromatic carbocycles. The van der Waals surface area contributed by atoms with Gasteiger partial charge in [0.1, 0.15) is 21.1 Å². The van der Waals surface area contributed by atoms with E-state index in [2.05, 4.69) is 19.4 Å². The molecule has 0 spiro atoms. The number of fused-ring (bicyclic) bond motifs is 1. The SMILES string of the molecule is CCN[C@H]1C[C@H](C)S(=O)(=O)c2sc(S(=O)(=O)NC(=O)[C@H](C)OC(=O)CCC(=O)OC(CNC(C)(C)C)COc3nsnc3N3CCOCC3)cc21.O=C(O)/C=C\C(=O)O. The third-order valence-electron chi connectivity index (χ3n) is 8.28. The largest absolute Gasteiger partial charge is 0.478 e. The number of morpholine rings is 1. The minimum Gasteiger partial charge on any atom is -0.478 e. The Morgan fingerprint density at radius 2 is 1.66 bits per heavy atom. The van der Waals surface area contributed by atoms with Gasteiger partial charge >= 0.3 is 23.9 Å². The van der Waals surface area contributed by atoms with E-state index in [0.717, 1.165) is 11.7 Å². The number of sulfone groups is 1. The van der Waals surface area contributed by atoms with Crippen molar-refractivity contribution in [2.24, 2.45) is 0 Å². The standard InChI is InChI=1S/C30H46N6O11S4.C4H4O4/c1-7-31-22-14-18(2)50(40,41)29-21(22)15-25(48-29)51(42,43)35-27(39)19(3)46-23(37)8-9-24(38)47-20(16-32-30(4,5)6)17-45-28-26(33-49-34-28)36-10-12-44-13-11-36;5-3(6)1-2-4(7)8/h15,18-20,22,31-32H,7-14,16-17H2,1-6H3,(H,35,39);1-2H,(H,5,6)(H,7,8)/b;2-1-/t18-,19-,20?,22-;/m0./s1. The second-order valence-electron chi connectivity index (χ2n) is 14.2. The van der Waals surface area contributed by atoms with Crippen molar-refractivity contribution in [3.05, 3.63) is 23.8 Å². The minimum absolute atomic E-state index is 0.0400. The number of carbonyl (C=O) groups excluding carboxylic acids is 3. The zero-order valence-electron chi connectivity index (χ0n) is 33.3. The molecule has 330 valence electrons. The van der Waals surface area contributed by atoms with Crippen LogP contribution in [-0.2, 0) is 58.0 Å². The average Bonchev–Trinajstić information content (AvgIpc) is 3.83. The molecule has 1 fully saturated rings. The summed E-state index contributed by atoms with van der Waals surface area (Å²) in [7, 11) is -8.25. The zero-order chi connectivity index (χ0) is 44.1. The molecule has 0 radical (unpaired) electrons. The lowest BCUT2D eigenvalue weighted by atomic mass is 10.1. The van der Waals surface area contributed by atoms with Crippen molar-refractivity contribution in [3.63, 3.8) is 0 Å². The highest BCUT2D eigenvalue weighted by Crippen LogP contribution is 2.42. The molecule has 21 nitrogen and oxygen atoms in total. The number of ether oxygens (including phenoxy) is 4. The topological polar surface area (TPSA) is 296 Å². The summed E-state index contributed by atoms with van der Waals surface area (Å²) in [6.45, 7) is 13.6. The fourth-order valence-electron chi connectivity index (χ4n) is 5.30. The highest BCUT2D eigenvalue weighted by Gasteiger charge is 2.40. The third-order valence-corrected chi connectivity index (χ3v) is 14.5. The van der Waals surface area contributed by atoms with E-state index in [1.807, 2.05) is 37.3 Å². The van der Waals surface area contributed by atoms with Crippen LogP contribution in [0.3, 0.4) is 0 Å². The van der Waals surface area contributed by atoms with Crippen LogP contribution in [0.25, 0.3) is 0 Å². The fourth-order valence-corrected chi connectivity index (χ4v) is 10.9. The molecule has 4 rings (SSSR count). The molecule has 0 bridgehead atoms. The first kappa shape index (κ1) is 49.1. The average molecular weight is 911 g/mol. The molecular weight excluding hydrogens is 861 g/mol. The number of carbonyl (C=O) groups is 5. The number of sulfonamides is 1. The Kier molecular flexibility index (Phi) is 18.2. The van der Waals surface area contributed by atoms with Gasteiger partial charge < -0.3 is 44.7 Å². The minimum atomic E-state index is -4.50. The first-order valence-corrected chi connectivity index (χ1v) is 22.8. The number of anilines is 1. The van der Waals surface area contributed by atoms with E-state index in [4.69, 9.17) is 29.2 Å². The lowest BCUT2D eigenvalue weighted by Gasteiger charge is -2.27. The number of carboxylic acids is 2. The van der Waals surface area contributed by atoms with Crippen LogP contribution in [-0.4, -0.2) is 135 Å². The van der Waals surface area contributed by atoms with Crippen molar-refractivity contribution in [1.29, 1.82) is 0 Å². The van der Waals surface area contributed by atoms with E-state index in [1.54, 1.807) is 6.92 Å². The third kappa shape index (κ3) is 15.4. The van der Waals surface area contributed by atoms with Gasteiger partial charge in [0.25, 0.3) is 21.8 Å². The summed E-state index contributed by atoms with van der Waals surface area (Å²) in [5, 5.41) is 21.3. The first-order chi connectivity index (χ1) is 27.5. The van der Waals surface area contributed by atoms with Gasteiger partial charge in [0, 0.05) is 48.9 Å². The Morgan fingerprint density at radius 3 is 2.24 bits per heavy atom. The predicted octanol–water partition coefficient (Wildman–Crippen LogP) is 1.26. The summed E-state index contributed by atoms with van der Waals surface area (Å²) >= 11 is 1.57. The van der Waals surface area contributed by atoms with Crippen LogP contribution < -0.4 is 25.0 Å². The summed E-state index contributed by atoms with van der Waals surface area (Å²) in [5.41, 5.74) is 0.0354. The Labute approximate surface area is 350 Å². The van der Waals surface area contributed by atoms with Gasteiger partial charge in [-0.1, -0.05) is 6.92 Å². The summed E-state index contributed by atoms with van der Waals surface area (Å²) < 4.78 is 84.1. The van der Waals surface area contributed by atoms with Gasteiger partial charge in [-0.25, -0.2) is 31.1 Å². The highest BCUT2D eigenvalue weighted by atomic mass is 32.3. The van der Waals surface area contributed by atoms with E-state index in [-0.39, 0.29) is 46.0 Å². The molecule has 4 heterocycles. The summed E-state index contributed by atoms with van der Waals surface area (Å²) in [5.74, 6) is -4.41. The number of hydrogen-bond acceptors (Lipinski definition) is 20. The molecule has 1 saturated heterocycles. The molecule has 1 amide bonds. The lowest BCUT2D eigenvalue weighted by molar-refractivity contribution is -0.158. The molecule has 0 aliphatic carbocycles. The second-order valence-corrected chi connectivity index (χ2v) is 20.2. The van der Waals surface area contributed by atoms with Crippen molar-refractivity contribution in [2.75, 3.05) is 50.9 Å². The van der Waals surface area contributed by atoms with Gasteiger partial charge in [0.2, 0.25) is 5.82 Å². The second kappa shape index (κ2) is 21.8. The maximum Gasteiger partial charge on any atom is 0.328 e. The lowest BCUT2D eigenvalue weighted by Crippen LogP contribution is -2.44. The monoisotopic (exact) mass is 910 g/mol. The van der Waals surface area contributed by atoms with Crippen LogP contribution in [0.1, 0.15) is 72.4 Å². The van der Waals surface area contributed by atoms with Crippen molar-refractivity contribution >= 4 is 78.5 Å². The van der Waals surface area contributed by atoms with Gasteiger partial charge in [-0.3, -0.25) is 14.4 Å². The number of rotatable bonds is 18. The maximum absolute atomic E-state index is 13.1. The van der Waals surface area contributed by atoms with Gasteiger partial charge in [0.05, 0.1) is 43.0 Å². The van der Waals surface area contributed by atoms with Crippen LogP contribution >= 0.6 is 23.1 Å². The Balaban J connectivity index is 0.00000105. The van der Waals surface area contributed by atoms with Gasteiger partial charge in [-0.05, 0) is 53.7 Å². The summed E-state index contributed by atoms with van der Waals surface area (Å²) in [4.78, 5) is 59.2. The van der Waals surface area contributed by atoms with Crippen LogP contribution in [0, 0.1) is 0 Å². The van der Waals surface area contributed by atoms with Gasteiger partial charge in [-0.15, -0.1) is 15.7 Å². The quantitative estimate of drug-likeness (QED) is 0.104. The van der Waals surface area contributed by atoms with E-state index in [1.165, 1.54) is 13.0 Å². The molecule has 2 aromatic heterocycles. The number of aliphatic carboxylic acids is 2. The smallest absolute Gasteiger partial charge is 0.328 e. The number of esters is 2. The Hall–Kier alpha value is -4.27. The number of nitrogens with zero attached hydrogens (tertiary/aromatic N) is 3. The number of amides is 1. The molecule has 2 aromatic rings. The van der Waals surface area contributed by atoms with Crippen molar-refractivity contribution in [2.45, 2.75) is 98.3 Å². The van der Waals surface area contributed by atoms with Gasteiger partial charge in [-0.2, -0.15) is 4.37 Å². The first-order valence-electron chi connectivity index (χ1n) is 18.3. The number of carboxylic acid groups (broad SMARTS) is 2. The van der Waals surface area contributed by atoms with Crippen LogP contribution in [0.4, 0.5) is 5.82 Å². The van der Waals surface area contributed by atoms with Crippen molar-refractivity contribution in [3.8, 4) is 5.88 Å². The van der Waals surface area contributed by atoms with E-state index < -0.39 is 73.5 Å². The van der Waals surface area contributed by atoms with Crippen LogP contribution in [0.15, 0.2) is 26.6 Å². The molecule has 59 heavy (non-hydrogen) atoms.